The highest BCUT2D eigenvalue weighted by atomic mass is 19.4. The summed E-state index contributed by atoms with van der Waals surface area (Å²) in [6.07, 6.45) is -13.9. The minimum absolute atomic E-state index is 0.0918. The quantitative estimate of drug-likeness (QED) is 0.410. The van der Waals surface area contributed by atoms with Crippen LogP contribution < -0.4 is 0 Å². The molecule has 0 spiro atoms. The van der Waals surface area contributed by atoms with Crippen molar-refractivity contribution in [3.8, 4) is 0 Å². The molecule has 0 amide bonds. The molecule has 0 radical (unpaired) electrons. The zero-order chi connectivity index (χ0) is 26.9. The second-order valence-electron chi connectivity index (χ2n) is 8.88. The normalized spacial score (nSPS) is 19.9. The number of piperidine rings is 1. The van der Waals surface area contributed by atoms with Gasteiger partial charge >= 0.3 is 24.5 Å². The number of nitrogens with zero attached hydrogens (tertiary/aromatic N) is 1. The molecule has 36 heavy (non-hydrogen) atoms. The largest absolute Gasteiger partial charge is 0.481 e. The van der Waals surface area contributed by atoms with E-state index in [0.717, 1.165) is 12.1 Å². The number of benzene rings is 2. The number of hydrogen-bond acceptors (Lipinski definition) is 2. The Hall–Kier alpha value is -2.76. The van der Waals surface area contributed by atoms with Crippen LogP contribution in [0.5, 0.6) is 0 Å². The molecule has 0 aromatic heterocycles. The minimum Gasteiger partial charge on any atom is -0.481 e. The molecule has 1 aliphatic rings. The summed E-state index contributed by atoms with van der Waals surface area (Å²) < 4.78 is 119. The predicted molar refractivity (Wildman–Crippen MR) is 111 cm³/mol. The van der Waals surface area contributed by atoms with Crippen LogP contribution >= 0.6 is 0 Å². The number of carbonyl (C=O) groups is 1. The molecule has 0 unspecified atom stereocenters. The maximum Gasteiger partial charge on any atom is 0.416 e. The molecule has 198 valence electrons. The van der Waals surface area contributed by atoms with Crippen LogP contribution in [-0.2, 0) is 36.3 Å². The number of hydrogen-bond donors (Lipinski definition) is 1. The topological polar surface area (TPSA) is 40.5 Å². The van der Waals surface area contributed by atoms with Gasteiger partial charge in [0, 0.05) is 19.0 Å². The van der Waals surface area contributed by atoms with E-state index < -0.39 is 59.3 Å². The molecule has 0 aliphatic carbocycles. The molecule has 2 aromatic rings. The van der Waals surface area contributed by atoms with Crippen molar-refractivity contribution in [2.45, 2.75) is 56.8 Å². The first-order valence-electron chi connectivity index (χ1n) is 10.9. The van der Waals surface area contributed by atoms with Crippen molar-refractivity contribution in [2.24, 2.45) is 5.92 Å². The van der Waals surface area contributed by atoms with Crippen molar-refractivity contribution in [1.82, 2.24) is 4.90 Å². The van der Waals surface area contributed by atoms with E-state index in [1.165, 1.54) is 12.1 Å². The number of halogens is 9. The molecule has 0 saturated carbocycles. The summed E-state index contributed by atoms with van der Waals surface area (Å²) in [5.41, 5.74) is -3.46. The van der Waals surface area contributed by atoms with Crippen molar-refractivity contribution >= 4 is 5.97 Å². The van der Waals surface area contributed by atoms with Crippen LogP contribution in [0.15, 0.2) is 42.5 Å². The average Bonchev–Trinajstić information content (AvgIpc) is 2.73. The second-order valence-corrected chi connectivity index (χ2v) is 8.88. The van der Waals surface area contributed by atoms with Gasteiger partial charge in [0.25, 0.3) is 0 Å². The molecule has 2 atom stereocenters. The van der Waals surface area contributed by atoms with Gasteiger partial charge < -0.3 is 5.11 Å². The van der Waals surface area contributed by atoms with Crippen LogP contribution in [0.3, 0.4) is 0 Å². The fourth-order valence-electron chi connectivity index (χ4n) is 4.53. The predicted octanol–water partition coefficient (Wildman–Crippen LogP) is 7.04. The Balaban J connectivity index is 1.91. The average molecular weight is 527 g/mol. The molecule has 3 nitrogen and oxygen atoms in total. The van der Waals surface area contributed by atoms with Crippen molar-refractivity contribution < 1.29 is 49.4 Å². The first-order valence-corrected chi connectivity index (χ1v) is 10.9. The van der Waals surface area contributed by atoms with Gasteiger partial charge in [0.2, 0.25) is 0 Å². The minimum atomic E-state index is -4.90. The van der Waals surface area contributed by atoms with E-state index in [4.69, 9.17) is 5.11 Å². The van der Waals surface area contributed by atoms with Crippen LogP contribution in [0.1, 0.15) is 47.1 Å². The number of aliphatic carboxylic acids is 1. The van der Waals surface area contributed by atoms with Gasteiger partial charge in [-0.25, -0.2) is 0 Å². The van der Waals surface area contributed by atoms with Gasteiger partial charge in [-0.1, -0.05) is 12.1 Å². The summed E-state index contributed by atoms with van der Waals surface area (Å²) >= 11 is 0. The zero-order valence-corrected chi connectivity index (χ0v) is 18.6. The number of alkyl halides is 9. The molecule has 0 bridgehead atoms. The molecular weight excluding hydrogens is 505 g/mol. The number of likely N-dealkylation sites (tertiary alicyclic amines) is 1. The Morgan fingerprint density at radius 1 is 0.861 bits per heavy atom. The fourth-order valence-corrected chi connectivity index (χ4v) is 4.53. The molecule has 3 rings (SSSR count). The first kappa shape index (κ1) is 27.8. The summed E-state index contributed by atoms with van der Waals surface area (Å²) in [5.74, 6) is -1.40. The van der Waals surface area contributed by atoms with Gasteiger partial charge in [-0.05, 0) is 73.2 Å². The lowest BCUT2D eigenvalue weighted by Gasteiger charge is -2.40. The summed E-state index contributed by atoms with van der Waals surface area (Å²) in [4.78, 5) is 12.7. The van der Waals surface area contributed by atoms with Gasteiger partial charge in [-0.2, -0.15) is 39.5 Å². The second kappa shape index (κ2) is 10.3. The first-order chi connectivity index (χ1) is 16.5. The fraction of sp³-hybridized carbons (Fsp3) is 0.458. The van der Waals surface area contributed by atoms with Gasteiger partial charge in [0.05, 0.1) is 16.7 Å². The Labute approximate surface area is 200 Å². The summed E-state index contributed by atoms with van der Waals surface area (Å²) in [6.45, 7) is -0.360. The third-order valence-electron chi connectivity index (χ3n) is 6.27. The molecule has 1 aliphatic heterocycles. The number of rotatable bonds is 6. The lowest BCUT2D eigenvalue weighted by atomic mass is 9.85. The standard InChI is InChI=1S/C24H22F9NO2/c25-22(26,27)17-3-1-14(2-4-17)9-19-10-15(11-21(35)36)7-8-34(19)13-16-12-18(23(28,29)30)5-6-20(16)24(31,32)33/h1-6,12,15,19H,7-11,13H2,(H,35,36)/t15-,19-/m0/s1. The molecule has 1 N–H and O–H groups in total. The van der Waals surface area contributed by atoms with Crippen LogP contribution in [0.4, 0.5) is 39.5 Å². The molecule has 1 saturated heterocycles. The summed E-state index contributed by atoms with van der Waals surface area (Å²) in [7, 11) is 0. The van der Waals surface area contributed by atoms with E-state index >= 15 is 0 Å². The molecule has 1 fully saturated rings. The SMILES string of the molecule is O=C(O)C[C@H]1CCN(Cc2cc(C(F)(F)F)ccc2C(F)(F)F)[C@@H](Cc2ccc(C(F)(F)F)cc2)C1. The smallest absolute Gasteiger partial charge is 0.416 e. The Bertz CT molecular complexity index is 1060. The highest BCUT2D eigenvalue weighted by Crippen LogP contribution is 2.38. The van der Waals surface area contributed by atoms with E-state index in [9.17, 15) is 44.3 Å². The van der Waals surface area contributed by atoms with Crippen LogP contribution in [-0.4, -0.2) is 28.6 Å². The van der Waals surface area contributed by atoms with Crippen LogP contribution in [0.2, 0.25) is 0 Å². The maximum atomic E-state index is 13.6. The Morgan fingerprint density at radius 2 is 1.44 bits per heavy atom. The Kier molecular flexibility index (Phi) is 7.97. The number of carboxylic acids is 1. The van der Waals surface area contributed by atoms with Gasteiger partial charge in [0.1, 0.15) is 0 Å². The summed E-state index contributed by atoms with van der Waals surface area (Å²) in [6, 6.07) is 4.82. The van der Waals surface area contributed by atoms with Gasteiger partial charge in [0.15, 0.2) is 0 Å². The van der Waals surface area contributed by atoms with E-state index in [-0.39, 0.29) is 31.7 Å². The highest BCUT2D eigenvalue weighted by molar-refractivity contribution is 5.67. The maximum absolute atomic E-state index is 13.6. The van der Waals surface area contributed by atoms with Crippen LogP contribution in [0, 0.1) is 5.92 Å². The van der Waals surface area contributed by atoms with Crippen molar-refractivity contribution in [3.63, 3.8) is 0 Å². The van der Waals surface area contributed by atoms with E-state index in [2.05, 4.69) is 0 Å². The molecule has 12 heteroatoms. The highest BCUT2D eigenvalue weighted by Gasteiger charge is 2.38. The monoisotopic (exact) mass is 527 g/mol. The number of carboxylic acid groups (broad SMARTS) is 1. The van der Waals surface area contributed by atoms with Crippen molar-refractivity contribution in [2.75, 3.05) is 6.54 Å². The zero-order valence-electron chi connectivity index (χ0n) is 18.6. The third-order valence-corrected chi connectivity index (χ3v) is 6.27. The van der Waals surface area contributed by atoms with E-state index in [1.807, 2.05) is 0 Å². The molecule has 2 aromatic carbocycles. The van der Waals surface area contributed by atoms with E-state index in [1.54, 1.807) is 4.90 Å². The Morgan fingerprint density at radius 3 is 1.97 bits per heavy atom. The lowest BCUT2D eigenvalue weighted by molar-refractivity contribution is -0.142. The van der Waals surface area contributed by atoms with Crippen molar-refractivity contribution in [3.05, 3.63) is 70.3 Å². The molecule has 1 heterocycles. The third kappa shape index (κ3) is 7.14. The van der Waals surface area contributed by atoms with Crippen molar-refractivity contribution in [1.29, 1.82) is 0 Å². The lowest BCUT2D eigenvalue weighted by Crippen LogP contribution is -2.44. The van der Waals surface area contributed by atoms with Crippen LogP contribution in [0.25, 0.3) is 0 Å². The van der Waals surface area contributed by atoms with E-state index in [0.29, 0.717) is 30.2 Å². The molecular formula is C24H22F9NO2. The van der Waals surface area contributed by atoms with Gasteiger partial charge in [-0.3, -0.25) is 9.69 Å². The van der Waals surface area contributed by atoms with Gasteiger partial charge in [-0.15, -0.1) is 0 Å². The summed E-state index contributed by atoms with van der Waals surface area (Å²) in [5, 5.41) is 9.13.